The molecule has 5 heteroatoms. The SMILES string of the molecule is CCC(C)N1CC(=O)/C(=C(/O)c2cccc(Oc3ccccc3)c2)C1=O. The smallest absolute Gasteiger partial charge is 0.262 e. The summed E-state index contributed by atoms with van der Waals surface area (Å²) in [5, 5.41) is 10.6. The molecule has 1 aliphatic rings. The van der Waals surface area contributed by atoms with E-state index in [0.29, 0.717) is 17.1 Å². The molecule has 1 fully saturated rings. The van der Waals surface area contributed by atoms with Crippen molar-refractivity contribution < 1.29 is 19.4 Å². The van der Waals surface area contributed by atoms with Gasteiger partial charge in [0.2, 0.25) is 0 Å². The molecule has 1 unspecified atom stereocenters. The van der Waals surface area contributed by atoms with Crippen LogP contribution >= 0.6 is 0 Å². The highest BCUT2D eigenvalue weighted by atomic mass is 16.5. The molecule has 1 saturated heterocycles. The molecular formula is C21H21NO4. The summed E-state index contributed by atoms with van der Waals surface area (Å²) >= 11 is 0. The number of hydrogen-bond acceptors (Lipinski definition) is 4. The molecule has 5 nitrogen and oxygen atoms in total. The van der Waals surface area contributed by atoms with Crippen molar-refractivity contribution >= 4 is 17.4 Å². The zero-order chi connectivity index (χ0) is 18.7. The second kappa shape index (κ2) is 7.44. The molecule has 2 aromatic rings. The number of Topliss-reactive ketones (excluding diaryl/α,β-unsaturated/α-hetero) is 1. The third-order valence-electron chi connectivity index (χ3n) is 4.51. The number of amides is 1. The number of benzene rings is 2. The molecule has 0 aromatic heterocycles. The maximum atomic E-state index is 12.6. The Kier molecular flexibility index (Phi) is 5.07. The molecular weight excluding hydrogens is 330 g/mol. The Morgan fingerprint density at radius 2 is 1.81 bits per heavy atom. The molecule has 3 rings (SSSR count). The van der Waals surface area contributed by atoms with Crippen LogP contribution in [0.5, 0.6) is 11.5 Å². The van der Waals surface area contributed by atoms with Crippen LogP contribution in [-0.4, -0.2) is 34.3 Å². The van der Waals surface area contributed by atoms with Crippen LogP contribution in [0.1, 0.15) is 25.8 Å². The number of nitrogens with zero attached hydrogens (tertiary/aromatic N) is 1. The van der Waals surface area contributed by atoms with Gasteiger partial charge in [0, 0.05) is 11.6 Å². The minimum absolute atomic E-state index is 0.00738. The molecule has 1 amide bonds. The van der Waals surface area contributed by atoms with Crippen molar-refractivity contribution in [3.8, 4) is 11.5 Å². The number of carbonyl (C=O) groups is 2. The van der Waals surface area contributed by atoms with Crippen molar-refractivity contribution in [3.05, 3.63) is 65.7 Å². The second-order valence-corrected chi connectivity index (χ2v) is 6.28. The number of likely N-dealkylation sites (tertiary alicyclic amines) is 1. The molecule has 1 heterocycles. The van der Waals surface area contributed by atoms with Gasteiger partial charge in [0.1, 0.15) is 22.8 Å². The van der Waals surface area contributed by atoms with Gasteiger partial charge in [-0.3, -0.25) is 9.59 Å². The van der Waals surface area contributed by atoms with Gasteiger partial charge in [-0.05, 0) is 37.6 Å². The normalized spacial score (nSPS) is 17.4. The van der Waals surface area contributed by atoms with Crippen molar-refractivity contribution in [2.45, 2.75) is 26.3 Å². The van der Waals surface area contributed by atoms with Crippen molar-refractivity contribution in [1.82, 2.24) is 4.90 Å². The van der Waals surface area contributed by atoms with Crippen molar-refractivity contribution in [1.29, 1.82) is 0 Å². The van der Waals surface area contributed by atoms with Crippen molar-refractivity contribution in [2.24, 2.45) is 0 Å². The molecule has 26 heavy (non-hydrogen) atoms. The van der Waals surface area contributed by atoms with Crippen LogP contribution in [0, 0.1) is 0 Å². The summed E-state index contributed by atoms with van der Waals surface area (Å²) in [7, 11) is 0. The number of aliphatic hydroxyl groups is 1. The van der Waals surface area contributed by atoms with Crippen LogP contribution < -0.4 is 4.74 Å². The zero-order valence-corrected chi connectivity index (χ0v) is 14.8. The van der Waals surface area contributed by atoms with Crippen LogP contribution in [0.4, 0.5) is 0 Å². The Balaban J connectivity index is 1.91. The van der Waals surface area contributed by atoms with Gasteiger partial charge in [0.05, 0.1) is 6.54 Å². The van der Waals surface area contributed by atoms with Crippen LogP contribution in [0.25, 0.3) is 5.76 Å². The third-order valence-corrected chi connectivity index (χ3v) is 4.51. The van der Waals surface area contributed by atoms with Gasteiger partial charge in [-0.2, -0.15) is 0 Å². The van der Waals surface area contributed by atoms with Crippen LogP contribution in [0.15, 0.2) is 60.2 Å². The predicted molar refractivity (Wildman–Crippen MR) is 99.0 cm³/mol. The van der Waals surface area contributed by atoms with E-state index in [4.69, 9.17) is 4.74 Å². The van der Waals surface area contributed by atoms with Gasteiger partial charge >= 0.3 is 0 Å². The number of carbonyl (C=O) groups excluding carboxylic acids is 2. The van der Waals surface area contributed by atoms with E-state index in [1.165, 1.54) is 4.90 Å². The summed E-state index contributed by atoms with van der Waals surface area (Å²) in [5.41, 5.74) is 0.225. The summed E-state index contributed by atoms with van der Waals surface area (Å²) in [5.74, 6) is 0.0908. The first kappa shape index (κ1) is 17.7. The molecule has 1 atom stereocenters. The molecule has 1 N–H and O–H groups in total. The maximum Gasteiger partial charge on any atom is 0.262 e. The summed E-state index contributed by atoms with van der Waals surface area (Å²) in [6.07, 6.45) is 0.744. The highest BCUT2D eigenvalue weighted by Gasteiger charge is 2.38. The van der Waals surface area contributed by atoms with E-state index in [9.17, 15) is 14.7 Å². The number of aliphatic hydroxyl groups excluding tert-OH is 1. The minimum atomic E-state index is -0.420. The number of ether oxygens (including phenoxy) is 1. The fraction of sp³-hybridized carbons (Fsp3) is 0.238. The fourth-order valence-corrected chi connectivity index (χ4v) is 2.85. The molecule has 134 valence electrons. The highest BCUT2D eigenvalue weighted by molar-refractivity contribution is 6.28. The highest BCUT2D eigenvalue weighted by Crippen LogP contribution is 2.28. The average Bonchev–Trinajstić information content (AvgIpc) is 2.96. The average molecular weight is 351 g/mol. The van der Waals surface area contributed by atoms with E-state index in [1.54, 1.807) is 24.3 Å². The quantitative estimate of drug-likeness (QED) is 0.503. The summed E-state index contributed by atoms with van der Waals surface area (Å²) < 4.78 is 5.75. The van der Waals surface area contributed by atoms with E-state index >= 15 is 0 Å². The van der Waals surface area contributed by atoms with E-state index in [1.807, 2.05) is 44.2 Å². The second-order valence-electron chi connectivity index (χ2n) is 6.28. The molecule has 1 aliphatic heterocycles. The van der Waals surface area contributed by atoms with Crippen LogP contribution in [0.3, 0.4) is 0 Å². The van der Waals surface area contributed by atoms with Crippen LogP contribution in [-0.2, 0) is 9.59 Å². The monoisotopic (exact) mass is 351 g/mol. The van der Waals surface area contributed by atoms with Gasteiger partial charge in [-0.15, -0.1) is 0 Å². The minimum Gasteiger partial charge on any atom is -0.506 e. The summed E-state index contributed by atoms with van der Waals surface area (Å²) in [4.78, 5) is 26.4. The first-order chi connectivity index (χ1) is 12.5. The van der Waals surface area contributed by atoms with Gasteiger partial charge in [-0.25, -0.2) is 0 Å². The number of para-hydroxylation sites is 1. The fourth-order valence-electron chi connectivity index (χ4n) is 2.85. The molecule has 0 aliphatic carbocycles. The first-order valence-corrected chi connectivity index (χ1v) is 8.62. The lowest BCUT2D eigenvalue weighted by atomic mass is 10.1. The Morgan fingerprint density at radius 3 is 2.50 bits per heavy atom. The largest absolute Gasteiger partial charge is 0.506 e. The van der Waals surface area contributed by atoms with E-state index in [-0.39, 0.29) is 29.7 Å². The lowest BCUT2D eigenvalue weighted by molar-refractivity contribution is -0.126. The lowest BCUT2D eigenvalue weighted by Gasteiger charge is -2.21. The zero-order valence-electron chi connectivity index (χ0n) is 14.8. The van der Waals surface area contributed by atoms with Crippen LogP contribution in [0.2, 0.25) is 0 Å². The van der Waals surface area contributed by atoms with Gasteiger partial charge < -0.3 is 14.7 Å². The van der Waals surface area contributed by atoms with Gasteiger partial charge in [0.15, 0.2) is 5.78 Å². The molecule has 2 aromatic carbocycles. The standard InChI is InChI=1S/C21H21NO4/c1-3-14(2)22-13-18(23)19(21(22)25)20(24)15-8-7-11-17(12-15)26-16-9-5-4-6-10-16/h4-12,14,24H,3,13H2,1-2H3/b20-19-. The summed E-state index contributed by atoms with van der Waals surface area (Å²) in [6.45, 7) is 3.85. The van der Waals surface area contributed by atoms with E-state index in [2.05, 4.69) is 0 Å². The Hall–Kier alpha value is -3.08. The molecule has 0 radical (unpaired) electrons. The Bertz CT molecular complexity index is 857. The molecule has 0 bridgehead atoms. The molecule has 0 saturated carbocycles. The molecule has 0 spiro atoms. The topological polar surface area (TPSA) is 66.8 Å². The predicted octanol–water partition coefficient (Wildman–Crippen LogP) is 3.96. The number of ketones is 1. The van der Waals surface area contributed by atoms with Crippen molar-refractivity contribution in [3.63, 3.8) is 0 Å². The Morgan fingerprint density at radius 1 is 1.12 bits per heavy atom. The Labute approximate surface area is 152 Å². The van der Waals surface area contributed by atoms with E-state index < -0.39 is 5.91 Å². The van der Waals surface area contributed by atoms with Crippen molar-refractivity contribution in [2.75, 3.05) is 6.54 Å². The number of rotatable bonds is 5. The first-order valence-electron chi connectivity index (χ1n) is 8.62. The third kappa shape index (κ3) is 3.47. The summed E-state index contributed by atoms with van der Waals surface area (Å²) in [6, 6.07) is 15.9. The van der Waals surface area contributed by atoms with Gasteiger partial charge in [0.25, 0.3) is 5.91 Å². The maximum absolute atomic E-state index is 12.6. The lowest BCUT2D eigenvalue weighted by Crippen LogP contribution is -2.34. The van der Waals surface area contributed by atoms with Gasteiger partial charge in [-0.1, -0.05) is 37.3 Å². The number of hydrogen-bond donors (Lipinski definition) is 1. The van der Waals surface area contributed by atoms with E-state index in [0.717, 1.165) is 6.42 Å².